The second-order valence-corrected chi connectivity index (χ2v) is 8.62. The Morgan fingerprint density at radius 3 is 2.57 bits per heavy atom. The molecular formula is C14H27ClN2O3S. The van der Waals surface area contributed by atoms with Crippen LogP contribution in [0, 0.1) is 11.8 Å². The molecule has 3 aliphatic rings. The molecule has 2 aliphatic heterocycles. The summed E-state index contributed by atoms with van der Waals surface area (Å²) in [6.45, 7) is 2.00. The molecule has 5 nitrogen and oxygen atoms in total. The number of halogens is 1. The number of nitrogens with zero attached hydrogens (tertiary/aromatic N) is 1. The highest BCUT2D eigenvalue weighted by Gasteiger charge is 2.43. The molecule has 2 saturated heterocycles. The van der Waals surface area contributed by atoms with Crippen LogP contribution in [0.5, 0.6) is 0 Å². The molecule has 124 valence electrons. The van der Waals surface area contributed by atoms with Gasteiger partial charge in [-0.2, -0.15) is 0 Å². The zero-order valence-electron chi connectivity index (χ0n) is 12.4. The summed E-state index contributed by atoms with van der Waals surface area (Å²) < 4.78 is 32.4. The minimum atomic E-state index is -3.19. The van der Waals surface area contributed by atoms with E-state index in [9.17, 15) is 8.42 Å². The van der Waals surface area contributed by atoms with Gasteiger partial charge in [0, 0.05) is 25.7 Å². The van der Waals surface area contributed by atoms with E-state index >= 15 is 0 Å². The van der Waals surface area contributed by atoms with E-state index in [2.05, 4.69) is 0 Å². The van der Waals surface area contributed by atoms with Crippen LogP contribution in [0.4, 0.5) is 0 Å². The van der Waals surface area contributed by atoms with Gasteiger partial charge in [-0.25, -0.2) is 12.7 Å². The first-order valence-electron chi connectivity index (χ1n) is 7.91. The van der Waals surface area contributed by atoms with Gasteiger partial charge in [-0.15, -0.1) is 12.4 Å². The number of hydrogen-bond donors (Lipinski definition) is 1. The Hall–Kier alpha value is 0.120. The fourth-order valence-electron chi connectivity index (χ4n) is 3.98. The first-order valence-corrected chi connectivity index (χ1v) is 9.52. The highest BCUT2D eigenvalue weighted by atomic mass is 35.5. The summed E-state index contributed by atoms with van der Waals surface area (Å²) in [6.07, 6.45) is 6.22. The third-order valence-electron chi connectivity index (χ3n) is 5.18. The van der Waals surface area contributed by atoms with Crippen LogP contribution in [0.15, 0.2) is 0 Å². The van der Waals surface area contributed by atoms with Gasteiger partial charge in [-0.1, -0.05) is 6.42 Å². The molecule has 21 heavy (non-hydrogen) atoms. The van der Waals surface area contributed by atoms with Gasteiger partial charge in [0.25, 0.3) is 0 Å². The fourth-order valence-corrected chi connectivity index (χ4v) is 5.74. The van der Waals surface area contributed by atoms with E-state index in [1.54, 1.807) is 4.31 Å². The van der Waals surface area contributed by atoms with Crippen molar-refractivity contribution >= 4 is 22.4 Å². The van der Waals surface area contributed by atoms with Crippen LogP contribution in [-0.2, 0) is 14.8 Å². The SMILES string of the molecule is Cl.NC1CCCC2CN(S(=O)(=O)CC3CCCCO3)CC12. The second-order valence-electron chi connectivity index (χ2n) is 6.60. The van der Waals surface area contributed by atoms with Gasteiger partial charge >= 0.3 is 0 Å². The lowest BCUT2D eigenvalue weighted by Gasteiger charge is -2.29. The Kier molecular flexibility index (Phi) is 5.93. The van der Waals surface area contributed by atoms with Crippen molar-refractivity contribution in [2.45, 2.75) is 50.7 Å². The van der Waals surface area contributed by atoms with Crippen LogP contribution >= 0.6 is 12.4 Å². The molecule has 0 spiro atoms. The average Bonchev–Trinajstić information content (AvgIpc) is 2.86. The fraction of sp³-hybridized carbons (Fsp3) is 1.00. The molecule has 7 heteroatoms. The monoisotopic (exact) mass is 338 g/mol. The molecule has 0 aromatic rings. The van der Waals surface area contributed by atoms with Crippen molar-refractivity contribution in [1.29, 1.82) is 0 Å². The van der Waals surface area contributed by atoms with E-state index < -0.39 is 10.0 Å². The lowest BCUT2D eigenvalue weighted by molar-refractivity contribution is 0.0299. The normalized spacial score (nSPS) is 37.8. The van der Waals surface area contributed by atoms with E-state index in [-0.39, 0.29) is 30.3 Å². The molecule has 0 radical (unpaired) electrons. The molecule has 2 N–H and O–H groups in total. The van der Waals surface area contributed by atoms with E-state index in [0.29, 0.717) is 31.5 Å². The summed E-state index contributed by atoms with van der Waals surface area (Å²) in [6, 6.07) is 0.180. The Morgan fingerprint density at radius 2 is 1.90 bits per heavy atom. The molecule has 0 aromatic heterocycles. The van der Waals surface area contributed by atoms with Gasteiger partial charge in [0.15, 0.2) is 0 Å². The Labute approximate surface area is 134 Å². The number of hydrogen-bond acceptors (Lipinski definition) is 4. The molecular weight excluding hydrogens is 312 g/mol. The second kappa shape index (κ2) is 7.13. The summed E-state index contributed by atoms with van der Waals surface area (Å²) >= 11 is 0. The van der Waals surface area contributed by atoms with Crippen molar-refractivity contribution in [3.8, 4) is 0 Å². The molecule has 0 bridgehead atoms. The molecule has 1 saturated carbocycles. The van der Waals surface area contributed by atoms with Gasteiger partial charge in [-0.05, 0) is 43.9 Å². The van der Waals surface area contributed by atoms with Crippen LogP contribution in [0.25, 0.3) is 0 Å². The maximum Gasteiger partial charge on any atom is 0.216 e. The zero-order valence-corrected chi connectivity index (χ0v) is 14.1. The van der Waals surface area contributed by atoms with Crippen molar-refractivity contribution in [2.75, 3.05) is 25.4 Å². The van der Waals surface area contributed by atoms with E-state index in [1.165, 1.54) is 0 Å². The summed E-state index contributed by atoms with van der Waals surface area (Å²) in [5, 5.41) is 0. The van der Waals surface area contributed by atoms with Gasteiger partial charge in [0.05, 0.1) is 11.9 Å². The molecule has 1 aliphatic carbocycles. The van der Waals surface area contributed by atoms with Crippen LogP contribution in [0.2, 0.25) is 0 Å². The minimum absolute atomic E-state index is 0. The molecule has 3 rings (SSSR count). The first-order chi connectivity index (χ1) is 9.56. The average molecular weight is 339 g/mol. The largest absolute Gasteiger partial charge is 0.377 e. The highest BCUT2D eigenvalue weighted by Crippen LogP contribution is 2.37. The first kappa shape index (κ1) is 17.5. The minimum Gasteiger partial charge on any atom is -0.377 e. The van der Waals surface area contributed by atoms with E-state index in [4.69, 9.17) is 10.5 Å². The number of rotatable bonds is 3. The predicted molar refractivity (Wildman–Crippen MR) is 85.0 cm³/mol. The van der Waals surface area contributed by atoms with Gasteiger partial charge in [0.1, 0.15) is 0 Å². The van der Waals surface area contributed by atoms with Crippen LogP contribution < -0.4 is 5.73 Å². The summed E-state index contributed by atoms with van der Waals surface area (Å²) in [7, 11) is -3.19. The maximum atomic E-state index is 12.6. The standard InChI is InChI=1S/C14H26N2O3S.ClH/c15-14-6-3-4-11-8-16(9-13(11)14)20(17,18)10-12-5-1-2-7-19-12;/h11-14H,1-10,15H2;1H. The number of ether oxygens (including phenoxy) is 1. The van der Waals surface area contributed by atoms with Crippen LogP contribution in [0.3, 0.4) is 0 Å². The zero-order chi connectivity index (χ0) is 14.2. The third-order valence-corrected chi connectivity index (χ3v) is 7.06. The maximum absolute atomic E-state index is 12.6. The summed E-state index contributed by atoms with van der Waals surface area (Å²) in [5.41, 5.74) is 6.16. The smallest absolute Gasteiger partial charge is 0.216 e. The number of fused-ring (bicyclic) bond motifs is 1. The Balaban J connectivity index is 0.00000161. The lowest BCUT2D eigenvalue weighted by atomic mass is 9.78. The van der Waals surface area contributed by atoms with Crippen molar-refractivity contribution < 1.29 is 13.2 Å². The van der Waals surface area contributed by atoms with Gasteiger partial charge < -0.3 is 10.5 Å². The van der Waals surface area contributed by atoms with Gasteiger partial charge in [-0.3, -0.25) is 0 Å². The van der Waals surface area contributed by atoms with Crippen molar-refractivity contribution in [3.63, 3.8) is 0 Å². The van der Waals surface area contributed by atoms with E-state index in [0.717, 1.165) is 38.5 Å². The highest BCUT2D eigenvalue weighted by molar-refractivity contribution is 7.89. The van der Waals surface area contributed by atoms with Crippen LogP contribution in [-0.4, -0.2) is 50.3 Å². The van der Waals surface area contributed by atoms with Crippen molar-refractivity contribution in [3.05, 3.63) is 0 Å². The van der Waals surface area contributed by atoms with E-state index in [1.807, 2.05) is 0 Å². The van der Waals surface area contributed by atoms with Crippen molar-refractivity contribution in [2.24, 2.45) is 17.6 Å². The molecule has 2 heterocycles. The molecule has 3 fully saturated rings. The third kappa shape index (κ3) is 3.91. The number of nitrogens with two attached hydrogens (primary N) is 1. The molecule has 4 unspecified atom stereocenters. The van der Waals surface area contributed by atoms with Gasteiger partial charge in [0.2, 0.25) is 10.0 Å². The Bertz CT molecular complexity index is 440. The molecule has 0 amide bonds. The van der Waals surface area contributed by atoms with Crippen LogP contribution in [0.1, 0.15) is 38.5 Å². The quantitative estimate of drug-likeness (QED) is 0.843. The summed E-state index contributed by atoms with van der Waals surface area (Å²) in [5.74, 6) is 0.994. The summed E-state index contributed by atoms with van der Waals surface area (Å²) in [4.78, 5) is 0. The lowest BCUT2D eigenvalue weighted by Crippen LogP contribution is -2.39. The van der Waals surface area contributed by atoms with Crippen molar-refractivity contribution in [1.82, 2.24) is 4.31 Å². The predicted octanol–water partition coefficient (Wildman–Crippen LogP) is 1.37. The Morgan fingerprint density at radius 1 is 1.10 bits per heavy atom. The molecule has 4 atom stereocenters. The molecule has 0 aromatic carbocycles. The topological polar surface area (TPSA) is 72.6 Å². The number of sulfonamides is 1.